The van der Waals surface area contributed by atoms with Gasteiger partial charge in [0.05, 0.1) is 0 Å². The molecule has 1 saturated carbocycles. The average molecular weight is 222 g/mol. The summed E-state index contributed by atoms with van der Waals surface area (Å²) >= 11 is 0. The molecule has 0 bridgehead atoms. The summed E-state index contributed by atoms with van der Waals surface area (Å²) in [5.41, 5.74) is 4.66. The van der Waals surface area contributed by atoms with Crippen molar-refractivity contribution in [2.24, 2.45) is 0 Å². The molecule has 0 radical (unpaired) electrons. The molecule has 2 unspecified atom stereocenters. The second-order valence-electron chi connectivity index (χ2n) is 5.45. The lowest BCUT2D eigenvalue weighted by Crippen LogP contribution is -2.03. The van der Waals surface area contributed by atoms with Crippen LogP contribution in [0.2, 0.25) is 0 Å². The molecule has 86 valence electrons. The van der Waals surface area contributed by atoms with E-state index in [0.29, 0.717) is 11.3 Å². The van der Waals surface area contributed by atoms with Crippen LogP contribution in [0.5, 0.6) is 0 Å². The normalized spacial score (nSPS) is 26.8. The first kappa shape index (κ1) is 10.6. The van der Waals surface area contributed by atoms with Gasteiger partial charge in [0.15, 0.2) is 0 Å². The lowest BCUT2D eigenvalue weighted by Gasteiger charge is -2.12. The van der Waals surface area contributed by atoms with Gasteiger partial charge in [0.1, 0.15) is 0 Å². The van der Waals surface area contributed by atoms with E-state index in [1.807, 2.05) is 0 Å². The van der Waals surface area contributed by atoms with Gasteiger partial charge in [-0.3, -0.25) is 0 Å². The molecule has 0 N–H and O–H groups in total. The van der Waals surface area contributed by atoms with Crippen molar-refractivity contribution >= 4 is 0 Å². The van der Waals surface area contributed by atoms with Crippen molar-refractivity contribution in [2.45, 2.75) is 31.6 Å². The lowest BCUT2D eigenvalue weighted by molar-refractivity contribution is 0.748. The molecule has 2 atom stereocenters. The maximum atomic E-state index is 2.38. The van der Waals surface area contributed by atoms with Gasteiger partial charge in [-0.2, -0.15) is 0 Å². The van der Waals surface area contributed by atoms with Gasteiger partial charge < -0.3 is 0 Å². The molecule has 1 aliphatic carbocycles. The molecule has 3 rings (SSSR count). The Kier molecular flexibility index (Phi) is 2.32. The fraction of sp³-hybridized carbons (Fsp3) is 0.294. The van der Waals surface area contributed by atoms with Crippen LogP contribution in [-0.4, -0.2) is 0 Å². The Balaban J connectivity index is 1.89. The van der Waals surface area contributed by atoms with Crippen molar-refractivity contribution in [3.8, 4) is 0 Å². The lowest BCUT2D eigenvalue weighted by atomic mass is 9.92. The maximum absolute atomic E-state index is 2.38. The molecule has 2 aromatic rings. The molecule has 0 aliphatic heterocycles. The van der Waals surface area contributed by atoms with E-state index in [4.69, 9.17) is 0 Å². The number of aryl methyl sites for hydroxylation is 1. The smallest absolute Gasteiger partial charge is 0.0000203 e. The topological polar surface area (TPSA) is 0 Å². The maximum Gasteiger partial charge on any atom is -0.0000203 e. The van der Waals surface area contributed by atoms with Crippen LogP contribution < -0.4 is 0 Å². The second-order valence-corrected chi connectivity index (χ2v) is 5.45. The van der Waals surface area contributed by atoms with Crippen LogP contribution in [0.4, 0.5) is 0 Å². The molecular formula is C17H18. The van der Waals surface area contributed by atoms with Crippen molar-refractivity contribution in [1.29, 1.82) is 0 Å². The zero-order valence-electron chi connectivity index (χ0n) is 10.5. The van der Waals surface area contributed by atoms with Crippen LogP contribution in [-0.2, 0) is 5.41 Å². The molecule has 0 heterocycles. The Bertz CT molecular complexity index is 509. The first-order valence-corrected chi connectivity index (χ1v) is 6.32. The molecule has 17 heavy (non-hydrogen) atoms. The molecule has 0 heteroatoms. The molecule has 0 spiro atoms. The summed E-state index contributed by atoms with van der Waals surface area (Å²) in [6.07, 6.45) is 1.28. The van der Waals surface area contributed by atoms with Gasteiger partial charge >= 0.3 is 0 Å². The van der Waals surface area contributed by atoms with E-state index in [1.165, 1.54) is 23.1 Å². The Morgan fingerprint density at radius 1 is 0.941 bits per heavy atom. The third-order valence-corrected chi connectivity index (χ3v) is 4.15. The van der Waals surface area contributed by atoms with Gasteiger partial charge in [-0.05, 0) is 35.8 Å². The minimum Gasteiger partial charge on any atom is -0.0622 e. The van der Waals surface area contributed by atoms with Gasteiger partial charge in [-0.1, -0.05) is 67.1 Å². The molecule has 0 aromatic heterocycles. The van der Waals surface area contributed by atoms with Gasteiger partial charge in [0.25, 0.3) is 0 Å². The quantitative estimate of drug-likeness (QED) is 0.704. The van der Waals surface area contributed by atoms with Gasteiger partial charge in [-0.15, -0.1) is 0 Å². The minimum absolute atomic E-state index is 0.356. The average Bonchev–Trinajstić information content (AvgIpc) is 3.05. The molecule has 1 fully saturated rings. The molecule has 2 aromatic carbocycles. The monoisotopic (exact) mass is 222 g/mol. The third-order valence-electron chi connectivity index (χ3n) is 4.15. The summed E-state index contributed by atoms with van der Waals surface area (Å²) in [6, 6.07) is 19.9. The fourth-order valence-corrected chi connectivity index (χ4v) is 2.79. The Labute approximate surface area is 103 Å². The van der Waals surface area contributed by atoms with E-state index in [0.717, 1.165) is 0 Å². The summed E-state index contributed by atoms with van der Waals surface area (Å²) in [5, 5.41) is 0. The predicted molar refractivity (Wildman–Crippen MR) is 72.3 cm³/mol. The molecular weight excluding hydrogens is 204 g/mol. The Hall–Kier alpha value is -1.56. The SMILES string of the molecule is Cc1ccc(C2(C)CC2c2ccccc2)cc1. The highest BCUT2D eigenvalue weighted by Gasteiger charge is 2.51. The summed E-state index contributed by atoms with van der Waals surface area (Å²) < 4.78 is 0. The number of hydrogen-bond acceptors (Lipinski definition) is 0. The molecule has 1 aliphatic rings. The third kappa shape index (κ3) is 1.78. The highest BCUT2D eigenvalue weighted by atomic mass is 14.5. The first-order chi connectivity index (χ1) is 8.20. The zero-order valence-corrected chi connectivity index (χ0v) is 10.5. The largest absolute Gasteiger partial charge is 0.0622 e. The van der Waals surface area contributed by atoms with E-state index in [2.05, 4.69) is 68.4 Å². The highest BCUT2D eigenvalue weighted by Crippen LogP contribution is 2.60. The van der Waals surface area contributed by atoms with E-state index in [-0.39, 0.29) is 0 Å². The van der Waals surface area contributed by atoms with Crippen molar-refractivity contribution in [1.82, 2.24) is 0 Å². The van der Waals surface area contributed by atoms with Crippen LogP contribution in [0.3, 0.4) is 0 Å². The van der Waals surface area contributed by atoms with Crippen LogP contribution in [0.15, 0.2) is 54.6 Å². The van der Waals surface area contributed by atoms with Crippen LogP contribution >= 0.6 is 0 Å². The minimum atomic E-state index is 0.356. The van der Waals surface area contributed by atoms with E-state index in [1.54, 1.807) is 0 Å². The van der Waals surface area contributed by atoms with Crippen LogP contribution in [0, 0.1) is 6.92 Å². The second kappa shape index (κ2) is 3.73. The van der Waals surface area contributed by atoms with Crippen LogP contribution in [0.1, 0.15) is 36.0 Å². The molecule has 0 amide bonds. The van der Waals surface area contributed by atoms with E-state index in [9.17, 15) is 0 Å². The van der Waals surface area contributed by atoms with Gasteiger partial charge in [0.2, 0.25) is 0 Å². The predicted octanol–water partition coefficient (Wildman–Crippen LogP) is 4.44. The van der Waals surface area contributed by atoms with Crippen molar-refractivity contribution in [3.63, 3.8) is 0 Å². The first-order valence-electron chi connectivity index (χ1n) is 6.32. The Morgan fingerprint density at radius 2 is 1.59 bits per heavy atom. The number of benzene rings is 2. The fourth-order valence-electron chi connectivity index (χ4n) is 2.79. The van der Waals surface area contributed by atoms with Crippen LogP contribution in [0.25, 0.3) is 0 Å². The summed E-state index contributed by atoms with van der Waals surface area (Å²) in [6.45, 7) is 4.53. The van der Waals surface area contributed by atoms with Crippen molar-refractivity contribution in [3.05, 3.63) is 71.3 Å². The number of rotatable bonds is 2. The van der Waals surface area contributed by atoms with Crippen molar-refractivity contribution < 1.29 is 0 Å². The Morgan fingerprint density at radius 3 is 2.24 bits per heavy atom. The molecule has 0 saturated heterocycles. The summed E-state index contributed by atoms with van der Waals surface area (Å²) in [4.78, 5) is 0. The number of hydrogen-bond donors (Lipinski definition) is 0. The zero-order chi connectivity index (χ0) is 11.9. The standard InChI is InChI=1S/C17H18/c1-13-8-10-15(11-9-13)17(2)12-16(17)14-6-4-3-5-7-14/h3-11,16H,12H2,1-2H3. The van der Waals surface area contributed by atoms with E-state index >= 15 is 0 Å². The van der Waals surface area contributed by atoms with Gasteiger partial charge in [0, 0.05) is 0 Å². The highest BCUT2D eigenvalue weighted by molar-refractivity contribution is 5.42. The van der Waals surface area contributed by atoms with E-state index < -0.39 is 0 Å². The molecule has 0 nitrogen and oxygen atoms in total. The summed E-state index contributed by atoms with van der Waals surface area (Å²) in [7, 11) is 0. The van der Waals surface area contributed by atoms with Crippen molar-refractivity contribution in [2.75, 3.05) is 0 Å². The van der Waals surface area contributed by atoms with Gasteiger partial charge in [-0.25, -0.2) is 0 Å². The summed E-state index contributed by atoms with van der Waals surface area (Å²) in [5.74, 6) is 0.700.